The highest BCUT2D eigenvalue weighted by Gasteiger charge is 2.45. The van der Waals surface area contributed by atoms with Crippen molar-refractivity contribution in [2.75, 3.05) is 13.1 Å². The van der Waals surface area contributed by atoms with E-state index in [-0.39, 0.29) is 12.0 Å². The highest BCUT2D eigenvalue weighted by molar-refractivity contribution is 6.06. The van der Waals surface area contributed by atoms with Crippen LogP contribution < -0.4 is 4.74 Å². The lowest BCUT2D eigenvalue weighted by Gasteiger charge is -2.22. The molecule has 6 nitrogen and oxygen atoms in total. The first-order chi connectivity index (χ1) is 13.6. The van der Waals surface area contributed by atoms with E-state index in [0.29, 0.717) is 28.8 Å². The predicted molar refractivity (Wildman–Crippen MR) is 104 cm³/mol. The summed E-state index contributed by atoms with van der Waals surface area (Å²) in [4.78, 5) is 19.7. The lowest BCUT2D eigenvalue weighted by atomic mass is 9.99. The maximum absolute atomic E-state index is 13.3. The van der Waals surface area contributed by atoms with Gasteiger partial charge in [-0.3, -0.25) is 4.79 Å². The summed E-state index contributed by atoms with van der Waals surface area (Å²) in [7, 11) is 0. The van der Waals surface area contributed by atoms with E-state index in [1.165, 1.54) is 0 Å². The summed E-state index contributed by atoms with van der Waals surface area (Å²) >= 11 is 0. The molecule has 0 bridgehead atoms. The van der Waals surface area contributed by atoms with Crippen LogP contribution in [0.5, 0.6) is 5.75 Å². The normalized spacial score (nSPS) is 23.9. The van der Waals surface area contributed by atoms with Crippen LogP contribution in [0.4, 0.5) is 0 Å². The van der Waals surface area contributed by atoms with Gasteiger partial charge < -0.3 is 14.2 Å². The smallest absolute Gasteiger partial charge is 0.258 e. The molecule has 0 spiro atoms. The summed E-state index contributed by atoms with van der Waals surface area (Å²) < 4.78 is 11.5. The molecule has 2 fully saturated rings. The van der Waals surface area contributed by atoms with Gasteiger partial charge in [0.05, 0.1) is 16.6 Å². The van der Waals surface area contributed by atoms with Gasteiger partial charge in [-0.05, 0) is 50.8 Å². The number of nitrogens with zero attached hydrogens (tertiary/aromatic N) is 3. The van der Waals surface area contributed by atoms with Crippen molar-refractivity contribution in [3.05, 3.63) is 53.3 Å². The van der Waals surface area contributed by atoms with Crippen molar-refractivity contribution in [2.24, 2.45) is 11.8 Å². The third-order valence-electron chi connectivity index (χ3n) is 6.08. The largest absolute Gasteiger partial charge is 0.490 e. The second-order valence-corrected chi connectivity index (χ2v) is 7.94. The number of benzene rings is 1. The van der Waals surface area contributed by atoms with Crippen LogP contribution in [0.15, 0.2) is 40.9 Å². The van der Waals surface area contributed by atoms with Crippen LogP contribution in [0.1, 0.15) is 34.6 Å². The molecule has 1 saturated heterocycles. The first-order valence-corrected chi connectivity index (χ1v) is 9.85. The number of hydrogen-bond acceptors (Lipinski definition) is 5. The molecule has 0 radical (unpaired) electrons. The summed E-state index contributed by atoms with van der Waals surface area (Å²) in [6, 6.07) is 11.8. The Kier molecular flexibility index (Phi) is 4.07. The number of rotatable bonds is 3. The van der Waals surface area contributed by atoms with E-state index in [0.717, 1.165) is 42.8 Å². The molecule has 1 aliphatic heterocycles. The van der Waals surface area contributed by atoms with Crippen LogP contribution in [0.25, 0.3) is 11.1 Å². The number of ether oxygens (including phenoxy) is 1. The fraction of sp³-hybridized carbons (Fsp3) is 0.409. The average Bonchev–Trinajstić information content (AvgIpc) is 3.38. The van der Waals surface area contributed by atoms with E-state index in [1.807, 2.05) is 55.1 Å². The molecular weight excluding hydrogens is 354 g/mol. The van der Waals surface area contributed by atoms with Gasteiger partial charge >= 0.3 is 0 Å². The zero-order chi connectivity index (χ0) is 19.3. The Morgan fingerprint density at radius 2 is 2.00 bits per heavy atom. The summed E-state index contributed by atoms with van der Waals surface area (Å²) in [6.45, 7) is 5.23. The van der Waals surface area contributed by atoms with Crippen molar-refractivity contribution in [1.29, 1.82) is 0 Å². The standard InChI is InChI=1S/C22H23N3O3/c1-13-10-17(20-14(2)24-28-21(20)23-13)22(26)25-11-15-8-9-19(18(15)12-25)27-16-6-4-3-5-7-16/h3-7,10,15,18-19H,8-9,11-12H2,1-2H3/t15-,18+,19-/m0/s1. The van der Waals surface area contributed by atoms with Crippen molar-refractivity contribution < 1.29 is 14.1 Å². The van der Waals surface area contributed by atoms with Gasteiger partial charge in [0.2, 0.25) is 0 Å². The molecule has 28 heavy (non-hydrogen) atoms. The number of para-hydroxylation sites is 1. The Morgan fingerprint density at radius 3 is 2.82 bits per heavy atom. The number of amides is 1. The van der Waals surface area contributed by atoms with Gasteiger partial charge in [-0.2, -0.15) is 0 Å². The third kappa shape index (κ3) is 2.84. The highest BCUT2D eigenvalue weighted by atomic mass is 16.5. The van der Waals surface area contributed by atoms with Crippen LogP contribution in [0, 0.1) is 25.7 Å². The van der Waals surface area contributed by atoms with Gasteiger partial charge in [0, 0.05) is 24.7 Å². The fourth-order valence-corrected chi connectivity index (χ4v) is 4.76. The molecule has 6 heteroatoms. The van der Waals surface area contributed by atoms with E-state index in [1.54, 1.807) is 0 Å². The number of hydrogen-bond donors (Lipinski definition) is 0. The highest BCUT2D eigenvalue weighted by Crippen LogP contribution is 2.41. The zero-order valence-electron chi connectivity index (χ0n) is 16.1. The van der Waals surface area contributed by atoms with Gasteiger partial charge in [-0.1, -0.05) is 23.4 Å². The minimum Gasteiger partial charge on any atom is -0.490 e. The van der Waals surface area contributed by atoms with Crippen molar-refractivity contribution in [1.82, 2.24) is 15.0 Å². The molecule has 5 rings (SSSR count). The van der Waals surface area contributed by atoms with E-state index < -0.39 is 0 Å². The molecule has 2 aromatic heterocycles. The maximum atomic E-state index is 13.3. The van der Waals surface area contributed by atoms with E-state index in [4.69, 9.17) is 9.26 Å². The summed E-state index contributed by atoms with van der Waals surface area (Å²) in [6.07, 6.45) is 2.32. The molecule has 1 saturated carbocycles. The molecule has 1 aliphatic carbocycles. The van der Waals surface area contributed by atoms with Gasteiger partial charge in [0.15, 0.2) is 0 Å². The topological polar surface area (TPSA) is 68.5 Å². The first-order valence-electron chi connectivity index (χ1n) is 9.85. The van der Waals surface area contributed by atoms with E-state index >= 15 is 0 Å². The van der Waals surface area contributed by atoms with Gasteiger partial charge in [0.25, 0.3) is 11.6 Å². The van der Waals surface area contributed by atoms with Crippen molar-refractivity contribution in [2.45, 2.75) is 32.8 Å². The molecule has 3 heterocycles. The number of likely N-dealkylation sites (tertiary alicyclic amines) is 1. The van der Waals surface area contributed by atoms with Crippen molar-refractivity contribution in [3.63, 3.8) is 0 Å². The molecule has 0 unspecified atom stereocenters. The summed E-state index contributed by atoms with van der Waals surface area (Å²) in [5.74, 6) is 1.82. The number of carbonyl (C=O) groups is 1. The third-order valence-corrected chi connectivity index (χ3v) is 6.08. The fourth-order valence-electron chi connectivity index (χ4n) is 4.76. The molecule has 3 atom stereocenters. The molecule has 1 amide bonds. The molecular formula is C22H23N3O3. The lowest BCUT2D eigenvalue weighted by molar-refractivity contribution is 0.0764. The summed E-state index contributed by atoms with van der Waals surface area (Å²) in [5, 5.41) is 4.72. The molecule has 144 valence electrons. The zero-order valence-corrected chi connectivity index (χ0v) is 16.1. The number of carbonyl (C=O) groups excluding carboxylic acids is 1. The SMILES string of the molecule is Cc1cc(C(=O)N2C[C@@H]3CC[C@H](Oc4ccccc4)[C@@H]3C2)c2c(C)noc2n1. The Morgan fingerprint density at radius 1 is 1.18 bits per heavy atom. The van der Waals surface area contributed by atoms with E-state index in [2.05, 4.69) is 10.1 Å². The van der Waals surface area contributed by atoms with Gasteiger partial charge in [-0.15, -0.1) is 0 Å². The van der Waals surface area contributed by atoms with Crippen molar-refractivity contribution >= 4 is 17.0 Å². The maximum Gasteiger partial charge on any atom is 0.258 e. The number of pyridine rings is 1. The van der Waals surface area contributed by atoms with E-state index in [9.17, 15) is 4.79 Å². The Bertz CT molecular complexity index is 1030. The molecule has 3 aromatic rings. The van der Waals surface area contributed by atoms with Crippen LogP contribution in [0.3, 0.4) is 0 Å². The molecule has 1 aromatic carbocycles. The second-order valence-electron chi connectivity index (χ2n) is 7.94. The summed E-state index contributed by atoms with van der Waals surface area (Å²) in [5.41, 5.74) is 2.54. The van der Waals surface area contributed by atoms with Crippen LogP contribution >= 0.6 is 0 Å². The Balaban J connectivity index is 1.38. The van der Waals surface area contributed by atoms with Crippen LogP contribution in [-0.2, 0) is 0 Å². The first kappa shape index (κ1) is 17.2. The number of fused-ring (bicyclic) bond motifs is 2. The van der Waals surface area contributed by atoms with Crippen molar-refractivity contribution in [3.8, 4) is 5.75 Å². The average molecular weight is 377 g/mol. The monoisotopic (exact) mass is 377 g/mol. The minimum atomic E-state index is 0.0367. The number of aromatic nitrogens is 2. The minimum absolute atomic E-state index is 0.0367. The van der Waals surface area contributed by atoms with Gasteiger partial charge in [-0.25, -0.2) is 4.98 Å². The lowest BCUT2D eigenvalue weighted by Crippen LogP contribution is -2.32. The quantitative estimate of drug-likeness (QED) is 0.695. The molecule has 0 N–H and O–H groups in total. The second kappa shape index (κ2) is 6.62. The Labute approximate surface area is 163 Å². The molecule has 2 aliphatic rings. The Hall–Kier alpha value is -2.89. The van der Waals surface area contributed by atoms with Crippen LogP contribution in [0.2, 0.25) is 0 Å². The predicted octanol–water partition coefficient (Wildman–Crippen LogP) is 3.77. The number of aryl methyl sites for hydroxylation is 2. The van der Waals surface area contributed by atoms with Crippen LogP contribution in [-0.4, -0.2) is 40.1 Å². The van der Waals surface area contributed by atoms with Gasteiger partial charge in [0.1, 0.15) is 11.9 Å².